The van der Waals surface area contributed by atoms with Crippen LogP contribution in [-0.2, 0) is 0 Å². The number of hydrogen-bond donors (Lipinski definition) is 1. The summed E-state index contributed by atoms with van der Waals surface area (Å²) in [5.74, 6) is 1.37. The molecule has 3 nitrogen and oxygen atoms in total. The topological polar surface area (TPSA) is 32.5 Å². The first kappa shape index (κ1) is 12.9. The highest BCUT2D eigenvalue weighted by Crippen LogP contribution is 2.23. The van der Waals surface area contributed by atoms with E-state index in [1.807, 2.05) is 0 Å². The first-order valence-electron chi connectivity index (χ1n) is 6.19. The van der Waals surface area contributed by atoms with Crippen LogP contribution in [0.25, 0.3) is 0 Å². The SMILES string of the molecule is CCC(C)C(CN)C1CN(C)CCN1C. The zero-order valence-corrected chi connectivity index (χ0v) is 10.7. The quantitative estimate of drug-likeness (QED) is 0.751. The van der Waals surface area contributed by atoms with Crippen LogP contribution < -0.4 is 5.73 Å². The summed E-state index contributed by atoms with van der Waals surface area (Å²) in [4.78, 5) is 4.92. The van der Waals surface area contributed by atoms with E-state index in [1.54, 1.807) is 0 Å². The zero-order valence-electron chi connectivity index (χ0n) is 10.7. The largest absolute Gasteiger partial charge is 0.330 e. The summed E-state index contributed by atoms with van der Waals surface area (Å²) >= 11 is 0. The monoisotopic (exact) mass is 213 g/mol. The maximum Gasteiger partial charge on any atom is 0.0263 e. The molecule has 1 aliphatic rings. The predicted octanol–water partition coefficient (Wildman–Crippen LogP) is 0.853. The minimum atomic E-state index is 0.641. The molecule has 0 amide bonds. The average molecular weight is 213 g/mol. The Morgan fingerprint density at radius 3 is 2.53 bits per heavy atom. The average Bonchev–Trinajstić information content (AvgIpc) is 2.23. The molecule has 1 fully saturated rings. The first-order chi connectivity index (χ1) is 7.10. The highest BCUT2D eigenvalue weighted by molar-refractivity contribution is 4.87. The van der Waals surface area contributed by atoms with Crippen molar-refractivity contribution in [2.45, 2.75) is 26.3 Å². The highest BCUT2D eigenvalue weighted by Gasteiger charge is 2.31. The third kappa shape index (κ3) is 3.16. The lowest BCUT2D eigenvalue weighted by molar-refractivity contribution is 0.0580. The highest BCUT2D eigenvalue weighted by atomic mass is 15.3. The van der Waals surface area contributed by atoms with Gasteiger partial charge >= 0.3 is 0 Å². The number of rotatable bonds is 4. The van der Waals surface area contributed by atoms with Crippen LogP contribution in [0.2, 0.25) is 0 Å². The fourth-order valence-corrected chi connectivity index (χ4v) is 2.58. The molecule has 1 aliphatic heterocycles. The second-order valence-corrected chi connectivity index (χ2v) is 5.10. The molecule has 0 aliphatic carbocycles. The van der Waals surface area contributed by atoms with Gasteiger partial charge in [0.25, 0.3) is 0 Å². The van der Waals surface area contributed by atoms with Crippen molar-refractivity contribution in [3.63, 3.8) is 0 Å². The molecule has 0 aromatic heterocycles. The van der Waals surface area contributed by atoms with Gasteiger partial charge in [0.15, 0.2) is 0 Å². The molecule has 15 heavy (non-hydrogen) atoms. The standard InChI is InChI=1S/C12H27N3/c1-5-10(2)11(8-13)12-9-14(3)6-7-15(12)4/h10-12H,5-9,13H2,1-4H3. The molecule has 2 N–H and O–H groups in total. The summed E-state index contributed by atoms with van der Waals surface area (Å²) in [6.45, 7) is 8.94. The lowest BCUT2D eigenvalue weighted by Gasteiger charge is -2.43. The Morgan fingerprint density at radius 2 is 2.00 bits per heavy atom. The molecule has 3 heteroatoms. The third-order valence-corrected chi connectivity index (χ3v) is 4.04. The molecule has 0 spiro atoms. The summed E-state index contributed by atoms with van der Waals surface area (Å²) in [6.07, 6.45) is 1.23. The van der Waals surface area contributed by atoms with E-state index >= 15 is 0 Å². The van der Waals surface area contributed by atoms with Crippen molar-refractivity contribution in [3.05, 3.63) is 0 Å². The number of likely N-dealkylation sites (N-methyl/N-ethyl adjacent to an activating group) is 2. The lowest BCUT2D eigenvalue weighted by atomic mass is 9.84. The molecule has 0 aromatic carbocycles. The molecule has 3 unspecified atom stereocenters. The molecule has 1 saturated heterocycles. The van der Waals surface area contributed by atoms with E-state index in [4.69, 9.17) is 5.73 Å². The summed E-state index contributed by atoms with van der Waals surface area (Å²) in [5, 5.41) is 0. The third-order valence-electron chi connectivity index (χ3n) is 4.04. The fraction of sp³-hybridized carbons (Fsp3) is 1.00. The molecule has 0 radical (unpaired) electrons. The smallest absolute Gasteiger partial charge is 0.0263 e. The summed E-state index contributed by atoms with van der Waals surface area (Å²) in [6, 6.07) is 0.642. The van der Waals surface area contributed by atoms with Crippen molar-refractivity contribution in [3.8, 4) is 0 Å². The number of piperazine rings is 1. The molecule has 1 rings (SSSR count). The summed E-state index contributed by atoms with van der Waals surface area (Å²) in [5.41, 5.74) is 5.94. The number of nitrogens with two attached hydrogens (primary N) is 1. The van der Waals surface area contributed by atoms with E-state index in [2.05, 4.69) is 37.7 Å². The van der Waals surface area contributed by atoms with Crippen LogP contribution >= 0.6 is 0 Å². The van der Waals surface area contributed by atoms with Gasteiger partial charge in [-0.25, -0.2) is 0 Å². The second kappa shape index (κ2) is 5.83. The number of hydrogen-bond acceptors (Lipinski definition) is 3. The number of nitrogens with zero attached hydrogens (tertiary/aromatic N) is 2. The minimum absolute atomic E-state index is 0.641. The van der Waals surface area contributed by atoms with E-state index in [0.717, 1.165) is 12.5 Å². The van der Waals surface area contributed by atoms with Crippen LogP contribution in [0.1, 0.15) is 20.3 Å². The van der Waals surface area contributed by atoms with Gasteiger partial charge in [0.1, 0.15) is 0 Å². The van der Waals surface area contributed by atoms with Crippen LogP contribution in [0.15, 0.2) is 0 Å². The van der Waals surface area contributed by atoms with E-state index < -0.39 is 0 Å². The van der Waals surface area contributed by atoms with E-state index in [9.17, 15) is 0 Å². The van der Waals surface area contributed by atoms with Crippen molar-refractivity contribution >= 4 is 0 Å². The summed E-state index contributed by atoms with van der Waals surface area (Å²) in [7, 11) is 4.45. The zero-order chi connectivity index (χ0) is 11.4. The molecule has 0 saturated carbocycles. The van der Waals surface area contributed by atoms with Crippen LogP contribution in [0.3, 0.4) is 0 Å². The Labute approximate surface area is 94.6 Å². The Balaban J connectivity index is 2.64. The maximum atomic E-state index is 5.94. The van der Waals surface area contributed by atoms with Crippen molar-refractivity contribution < 1.29 is 0 Å². The fourth-order valence-electron chi connectivity index (χ4n) is 2.58. The Hall–Kier alpha value is -0.120. The molecule has 90 valence electrons. The van der Waals surface area contributed by atoms with E-state index in [-0.39, 0.29) is 0 Å². The van der Waals surface area contributed by atoms with Gasteiger partial charge < -0.3 is 15.5 Å². The van der Waals surface area contributed by atoms with Gasteiger partial charge in [-0.3, -0.25) is 0 Å². The molecule has 0 aromatic rings. The van der Waals surface area contributed by atoms with E-state index in [1.165, 1.54) is 26.1 Å². The van der Waals surface area contributed by atoms with Crippen molar-refractivity contribution in [2.24, 2.45) is 17.6 Å². The van der Waals surface area contributed by atoms with Gasteiger partial charge in [-0.05, 0) is 32.5 Å². The normalized spacial score (nSPS) is 29.0. The maximum absolute atomic E-state index is 5.94. The van der Waals surface area contributed by atoms with Gasteiger partial charge in [0, 0.05) is 25.7 Å². The predicted molar refractivity (Wildman–Crippen MR) is 65.9 cm³/mol. The minimum Gasteiger partial charge on any atom is -0.330 e. The van der Waals surface area contributed by atoms with Crippen LogP contribution in [0.5, 0.6) is 0 Å². The lowest BCUT2D eigenvalue weighted by Crippen LogP contribution is -2.55. The second-order valence-electron chi connectivity index (χ2n) is 5.10. The molecule has 0 bridgehead atoms. The Morgan fingerprint density at radius 1 is 1.33 bits per heavy atom. The van der Waals surface area contributed by atoms with Gasteiger partial charge in [0.2, 0.25) is 0 Å². The van der Waals surface area contributed by atoms with Gasteiger partial charge in [-0.1, -0.05) is 20.3 Å². The van der Waals surface area contributed by atoms with Crippen molar-refractivity contribution in [1.29, 1.82) is 0 Å². The van der Waals surface area contributed by atoms with Crippen molar-refractivity contribution in [2.75, 3.05) is 40.3 Å². The van der Waals surface area contributed by atoms with Gasteiger partial charge in [-0.15, -0.1) is 0 Å². The van der Waals surface area contributed by atoms with Crippen LogP contribution in [-0.4, -0.2) is 56.1 Å². The molecule has 3 atom stereocenters. The first-order valence-corrected chi connectivity index (χ1v) is 6.19. The van der Waals surface area contributed by atoms with Crippen LogP contribution in [0.4, 0.5) is 0 Å². The van der Waals surface area contributed by atoms with Crippen molar-refractivity contribution in [1.82, 2.24) is 9.80 Å². The van der Waals surface area contributed by atoms with Gasteiger partial charge in [-0.2, -0.15) is 0 Å². The molecular weight excluding hydrogens is 186 g/mol. The molecule has 1 heterocycles. The Kier molecular flexibility index (Phi) is 5.03. The van der Waals surface area contributed by atoms with E-state index in [0.29, 0.717) is 12.0 Å². The Bertz CT molecular complexity index is 184. The van der Waals surface area contributed by atoms with Gasteiger partial charge in [0.05, 0.1) is 0 Å². The molecular formula is C12H27N3. The van der Waals surface area contributed by atoms with Crippen LogP contribution in [0, 0.1) is 11.8 Å². The summed E-state index contributed by atoms with van der Waals surface area (Å²) < 4.78 is 0.